The second-order valence-electron chi connectivity index (χ2n) is 4.03. The Balaban J connectivity index is 2.17. The van der Waals surface area contributed by atoms with Crippen LogP contribution in [0.4, 0.5) is 5.82 Å². The van der Waals surface area contributed by atoms with Gasteiger partial charge in [-0.2, -0.15) is 0 Å². The van der Waals surface area contributed by atoms with Gasteiger partial charge in [-0.15, -0.1) is 0 Å². The summed E-state index contributed by atoms with van der Waals surface area (Å²) < 4.78 is 5.69. The number of aromatic nitrogens is 1. The van der Waals surface area contributed by atoms with Crippen LogP contribution in [-0.2, 0) is 6.61 Å². The van der Waals surface area contributed by atoms with E-state index in [9.17, 15) is 0 Å². The Morgan fingerprint density at radius 2 is 1.90 bits per heavy atom. The average molecular weight is 332 g/mol. The summed E-state index contributed by atoms with van der Waals surface area (Å²) in [6.45, 7) is 3.11. The van der Waals surface area contributed by atoms with Crippen LogP contribution in [0, 0.1) is 0 Å². The van der Waals surface area contributed by atoms with E-state index in [1.807, 2.05) is 19.1 Å². The van der Waals surface area contributed by atoms with Gasteiger partial charge in [0.05, 0.1) is 10.0 Å². The van der Waals surface area contributed by atoms with Gasteiger partial charge in [0, 0.05) is 23.3 Å². The van der Waals surface area contributed by atoms with Crippen molar-refractivity contribution < 1.29 is 4.74 Å². The third-order valence-corrected chi connectivity index (χ3v) is 3.35. The van der Waals surface area contributed by atoms with Gasteiger partial charge in [-0.25, -0.2) is 4.98 Å². The number of hydrogen-bond donors (Lipinski definition) is 1. The molecule has 0 aliphatic carbocycles. The van der Waals surface area contributed by atoms with Gasteiger partial charge in [0.25, 0.3) is 0 Å². The van der Waals surface area contributed by atoms with Crippen LogP contribution in [0.5, 0.6) is 5.75 Å². The van der Waals surface area contributed by atoms with Crippen LogP contribution in [0.1, 0.15) is 12.5 Å². The first-order valence-electron chi connectivity index (χ1n) is 6.07. The summed E-state index contributed by atoms with van der Waals surface area (Å²) in [7, 11) is 0. The first-order chi connectivity index (χ1) is 9.61. The fourth-order valence-corrected chi connectivity index (χ4v) is 2.62. The minimum atomic E-state index is 0.317. The SMILES string of the molecule is CCNc1ncccc1COc1c(Cl)cc(Cl)cc1Cl. The highest BCUT2D eigenvalue weighted by molar-refractivity contribution is 6.40. The molecule has 0 atom stereocenters. The number of benzene rings is 1. The molecule has 0 aliphatic rings. The van der Waals surface area contributed by atoms with Gasteiger partial charge in [-0.05, 0) is 25.1 Å². The summed E-state index contributed by atoms with van der Waals surface area (Å²) >= 11 is 18.0. The van der Waals surface area contributed by atoms with E-state index < -0.39 is 0 Å². The van der Waals surface area contributed by atoms with Crippen LogP contribution in [0.3, 0.4) is 0 Å². The van der Waals surface area contributed by atoms with E-state index in [-0.39, 0.29) is 0 Å². The Morgan fingerprint density at radius 1 is 1.20 bits per heavy atom. The van der Waals surface area contributed by atoms with E-state index >= 15 is 0 Å². The van der Waals surface area contributed by atoms with Crippen LogP contribution in [-0.4, -0.2) is 11.5 Å². The second kappa shape index (κ2) is 7.02. The summed E-state index contributed by atoms with van der Waals surface area (Å²) in [5.74, 6) is 1.21. The molecule has 2 rings (SSSR count). The van der Waals surface area contributed by atoms with E-state index in [1.165, 1.54) is 0 Å². The van der Waals surface area contributed by atoms with Crippen molar-refractivity contribution in [3.63, 3.8) is 0 Å². The maximum Gasteiger partial charge on any atom is 0.157 e. The maximum atomic E-state index is 6.08. The lowest BCUT2D eigenvalue weighted by molar-refractivity contribution is 0.307. The van der Waals surface area contributed by atoms with Crippen LogP contribution in [0.15, 0.2) is 30.5 Å². The Bertz CT molecular complexity index is 582. The molecule has 6 heteroatoms. The van der Waals surface area contributed by atoms with Crippen LogP contribution >= 0.6 is 34.8 Å². The molecule has 20 heavy (non-hydrogen) atoms. The fraction of sp³-hybridized carbons (Fsp3) is 0.214. The van der Waals surface area contributed by atoms with Gasteiger partial charge in [-0.3, -0.25) is 0 Å². The van der Waals surface area contributed by atoms with Gasteiger partial charge < -0.3 is 10.1 Å². The van der Waals surface area contributed by atoms with Crippen molar-refractivity contribution in [1.29, 1.82) is 0 Å². The zero-order chi connectivity index (χ0) is 14.5. The molecule has 1 aromatic heterocycles. The van der Waals surface area contributed by atoms with Crippen LogP contribution in [0.25, 0.3) is 0 Å². The molecule has 0 radical (unpaired) electrons. The van der Waals surface area contributed by atoms with Crippen molar-refractivity contribution in [2.24, 2.45) is 0 Å². The zero-order valence-corrected chi connectivity index (χ0v) is 13.1. The standard InChI is InChI=1S/C14H13Cl3N2O/c1-2-18-14-9(4-3-5-19-14)8-20-13-11(16)6-10(15)7-12(13)17/h3-7H,2,8H2,1H3,(H,18,19). The lowest BCUT2D eigenvalue weighted by atomic mass is 10.2. The molecule has 1 heterocycles. The number of nitrogens with one attached hydrogen (secondary N) is 1. The van der Waals surface area contributed by atoms with Gasteiger partial charge in [-0.1, -0.05) is 40.9 Å². The minimum Gasteiger partial charge on any atom is -0.486 e. The van der Waals surface area contributed by atoms with Crippen molar-refractivity contribution in [2.45, 2.75) is 13.5 Å². The lowest BCUT2D eigenvalue weighted by Crippen LogP contribution is -2.06. The molecule has 3 nitrogen and oxygen atoms in total. The molecule has 2 aromatic rings. The second-order valence-corrected chi connectivity index (χ2v) is 5.28. The summed E-state index contributed by atoms with van der Waals surface area (Å²) in [6, 6.07) is 6.98. The molecule has 0 fully saturated rings. The van der Waals surface area contributed by atoms with E-state index in [2.05, 4.69) is 10.3 Å². The van der Waals surface area contributed by atoms with Crippen molar-refractivity contribution in [3.05, 3.63) is 51.1 Å². The molecular weight excluding hydrogens is 319 g/mol. The van der Waals surface area contributed by atoms with Crippen molar-refractivity contribution in [1.82, 2.24) is 4.98 Å². The molecule has 0 bridgehead atoms. The average Bonchev–Trinajstić information content (AvgIpc) is 2.39. The van der Waals surface area contributed by atoms with Gasteiger partial charge in [0.2, 0.25) is 0 Å². The van der Waals surface area contributed by atoms with E-state index in [0.717, 1.165) is 17.9 Å². The molecule has 0 saturated carbocycles. The molecule has 0 aliphatic heterocycles. The molecule has 0 saturated heterocycles. The number of ether oxygens (including phenoxy) is 1. The normalized spacial score (nSPS) is 10.4. The number of nitrogens with zero attached hydrogens (tertiary/aromatic N) is 1. The van der Waals surface area contributed by atoms with Gasteiger partial charge in [0.1, 0.15) is 12.4 Å². The smallest absolute Gasteiger partial charge is 0.157 e. The van der Waals surface area contributed by atoms with Gasteiger partial charge >= 0.3 is 0 Å². The number of rotatable bonds is 5. The highest BCUT2D eigenvalue weighted by Crippen LogP contribution is 2.36. The zero-order valence-electron chi connectivity index (χ0n) is 10.8. The molecule has 0 spiro atoms. The minimum absolute atomic E-state index is 0.317. The molecular formula is C14H13Cl3N2O. The number of halogens is 3. The first-order valence-corrected chi connectivity index (χ1v) is 7.20. The Kier molecular flexibility index (Phi) is 5.35. The Hall–Kier alpha value is -1.16. The quantitative estimate of drug-likeness (QED) is 0.832. The first kappa shape index (κ1) is 15.2. The summed E-state index contributed by atoms with van der Waals surface area (Å²) in [4.78, 5) is 4.26. The highest BCUT2D eigenvalue weighted by atomic mass is 35.5. The van der Waals surface area contributed by atoms with Crippen molar-refractivity contribution in [3.8, 4) is 5.75 Å². The molecule has 1 N–H and O–H groups in total. The Morgan fingerprint density at radius 3 is 2.55 bits per heavy atom. The van der Waals surface area contributed by atoms with Crippen molar-refractivity contribution >= 4 is 40.6 Å². The molecule has 0 amide bonds. The Labute approximate surface area is 132 Å². The van der Waals surface area contributed by atoms with Crippen molar-refractivity contribution in [2.75, 3.05) is 11.9 Å². The third kappa shape index (κ3) is 3.69. The lowest BCUT2D eigenvalue weighted by Gasteiger charge is -2.13. The summed E-state index contributed by atoms with van der Waals surface area (Å²) in [6.07, 6.45) is 1.73. The monoisotopic (exact) mass is 330 g/mol. The molecule has 106 valence electrons. The highest BCUT2D eigenvalue weighted by Gasteiger charge is 2.11. The van der Waals surface area contributed by atoms with Crippen LogP contribution in [0.2, 0.25) is 15.1 Å². The number of hydrogen-bond acceptors (Lipinski definition) is 3. The number of anilines is 1. The van der Waals surface area contributed by atoms with E-state index in [4.69, 9.17) is 39.5 Å². The van der Waals surface area contributed by atoms with Crippen LogP contribution < -0.4 is 10.1 Å². The topological polar surface area (TPSA) is 34.2 Å². The van der Waals surface area contributed by atoms with Gasteiger partial charge in [0.15, 0.2) is 5.75 Å². The predicted octanol–water partition coefficient (Wildman–Crippen LogP) is 5.05. The summed E-state index contributed by atoms with van der Waals surface area (Å²) in [5.41, 5.74) is 0.927. The van der Waals surface area contributed by atoms with E-state index in [0.29, 0.717) is 27.4 Å². The van der Waals surface area contributed by atoms with E-state index in [1.54, 1.807) is 18.3 Å². The largest absolute Gasteiger partial charge is 0.486 e. The number of pyridine rings is 1. The summed E-state index contributed by atoms with van der Waals surface area (Å²) in [5, 5.41) is 4.42. The molecule has 1 aromatic carbocycles. The third-order valence-electron chi connectivity index (χ3n) is 2.57. The maximum absolute atomic E-state index is 6.08. The molecule has 0 unspecified atom stereocenters. The predicted molar refractivity (Wildman–Crippen MR) is 84.2 cm³/mol. The fourth-order valence-electron chi connectivity index (χ4n) is 1.70.